The highest BCUT2D eigenvalue weighted by molar-refractivity contribution is 5.92. The first-order valence-corrected chi connectivity index (χ1v) is 10.9. The summed E-state index contributed by atoms with van der Waals surface area (Å²) in [5, 5.41) is 14.5. The number of ether oxygens (including phenoxy) is 1. The van der Waals surface area contributed by atoms with Gasteiger partial charge in [0.2, 0.25) is 5.91 Å². The fraction of sp³-hybridized carbons (Fsp3) is 0.458. The lowest BCUT2D eigenvalue weighted by Crippen LogP contribution is -2.47. The molecule has 7 heteroatoms. The number of carbonyl (C=O) groups is 1. The fourth-order valence-corrected chi connectivity index (χ4v) is 3.91. The van der Waals surface area contributed by atoms with Crippen molar-refractivity contribution in [2.75, 3.05) is 57.9 Å². The monoisotopic (exact) mass is 426 g/mol. The molecule has 4 rings (SSSR count). The zero-order valence-corrected chi connectivity index (χ0v) is 18.3. The summed E-state index contributed by atoms with van der Waals surface area (Å²) < 4.78 is 5.41. The number of hydrazine groups is 1. The molecule has 2 saturated heterocycles. The average molecular weight is 427 g/mol. The van der Waals surface area contributed by atoms with Crippen LogP contribution in [0.5, 0.6) is 0 Å². The van der Waals surface area contributed by atoms with Crippen LogP contribution in [-0.2, 0) is 11.2 Å². The van der Waals surface area contributed by atoms with Gasteiger partial charge in [0.1, 0.15) is 0 Å². The predicted molar refractivity (Wildman–Crippen MR) is 123 cm³/mol. The number of aliphatic hydroxyl groups excluding tert-OH is 1. The highest BCUT2D eigenvalue weighted by Gasteiger charge is 2.22. The second-order valence-electron chi connectivity index (χ2n) is 7.94. The molecule has 0 saturated carbocycles. The Morgan fingerprint density at radius 1 is 1.10 bits per heavy atom. The lowest BCUT2D eigenvalue weighted by Gasteiger charge is -2.35. The van der Waals surface area contributed by atoms with E-state index in [1.54, 1.807) is 24.3 Å². The second-order valence-corrected chi connectivity index (χ2v) is 7.94. The molecule has 0 aliphatic carbocycles. The molecule has 0 radical (unpaired) electrons. The molecule has 0 spiro atoms. The Morgan fingerprint density at radius 3 is 2.39 bits per heavy atom. The Bertz CT molecular complexity index is 811. The second kappa shape index (κ2) is 11.8. The summed E-state index contributed by atoms with van der Waals surface area (Å²) in [6, 6.07) is 17.4. The molecule has 2 aromatic carbocycles. The van der Waals surface area contributed by atoms with E-state index in [1.807, 2.05) is 6.07 Å². The van der Waals surface area contributed by atoms with Gasteiger partial charge in [-0.3, -0.25) is 4.79 Å². The van der Waals surface area contributed by atoms with Crippen molar-refractivity contribution < 1.29 is 14.6 Å². The molecule has 31 heavy (non-hydrogen) atoms. The molecule has 7 nitrogen and oxygen atoms in total. The van der Waals surface area contributed by atoms with E-state index in [0.717, 1.165) is 58.8 Å². The number of β-amino-alcohol motifs (C(OH)–C–C–N with tert-alkyl or cyclic N) is 1. The number of amides is 1. The summed E-state index contributed by atoms with van der Waals surface area (Å²) in [4.78, 5) is 12.7. The van der Waals surface area contributed by atoms with E-state index in [0.29, 0.717) is 5.56 Å². The van der Waals surface area contributed by atoms with Gasteiger partial charge in [0, 0.05) is 51.0 Å². The molecule has 3 N–H and O–H groups in total. The van der Waals surface area contributed by atoms with Crippen LogP contribution in [0.2, 0.25) is 0 Å². The number of hydrogen-bond donors (Lipinski definition) is 2. The lowest BCUT2D eigenvalue weighted by molar-refractivity contribution is -0.0747. The molecular weight excluding hydrogens is 392 g/mol. The number of hydrogen-bond acceptors (Lipinski definition) is 6. The van der Waals surface area contributed by atoms with Gasteiger partial charge in [-0.1, -0.05) is 36.4 Å². The van der Waals surface area contributed by atoms with Crippen LogP contribution >= 0.6 is 0 Å². The van der Waals surface area contributed by atoms with Crippen LogP contribution in [0, 0.1) is 0 Å². The summed E-state index contributed by atoms with van der Waals surface area (Å²) >= 11 is 0. The van der Waals surface area contributed by atoms with Crippen LogP contribution in [0.15, 0.2) is 54.6 Å². The van der Waals surface area contributed by atoms with Crippen molar-refractivity contribution in [3.8, 4) is 0 Å². The van der Waals surface area contributed by atoms with Crippen molar-refractivity contribution in [3.05, 3.63) is 65.7 Å². The molecule has 2 aliphatic heterocycles. The van der Waals surface area contributed by atoms with Gasteiger partial charge < -0.3 is 20.5 Å². The molecule has 0 bridgehead atoms. The molecule has 2 fully saturated rings. The van der Waals surface area contributed by atoms with E-state index in [9.17, 15) is 9.90 Å². The predicted octanol–water partition coefficient (Wildman–Crippen LogP) is 1.76. The highest BCUT2D eigenvalue weighted by Crippen LogP contribution is 2.25. The third kappa shape index (κ3) is 7.04. The van der Waals surface area contributed by atoms with Crippen LogP contribution in [0.1, 0.15) is 22.3 Å². The first-order chi connectivity index (χ1) is 15.0. The van der Waals surface area contributed by atoms with Gasteiger partial charge in [0.15, 0.2) is 0 Å². The first kappa shape index (κ1) is 23.2. The van der Waals surface area contributed by atoms with E-state index >= 15 is 0 Å². The number of nitrogens with zero attached hydrogens (tertiary/aromatic N) is 3. The molecule has 2 aromatic rings. The van der Waals surface area contributed by atoms with Gasteiger partial charge in [-0.05, 0) is 36.6 Å². The number of aliphatic hydroxyl groups is 1. The van der Waals surface area contributed by atoms with Crippen LogP contribution < -0.4 is 10.6 Å². The number of likely N-dealkylation sites (N-methyl/N-ethyl adjacent to an activating group) is 1. The number of anilines is 1. The molecule has 2 heterocycles. The van der Waals surface area contributed by atoms with Crippen LogP contribution in [0.25, 0.3) is 0 Å². The summed E-state index contributed by atoms with van der Waals surface area (Å²) in [6.45, 7) is 6.34. The maximum Gasteiger partial charge on any atom is 0.248 e. The standard InChI is InChI=1S/C17H27N3O2.C7H7NO/c1-18(20-10-12-22-13-11-20)8-6-15-4-2-3-5-17(15)19-9-7-16(21)14-19;8-7(9)6-4-2-1-3-5-6/h2-5,16,21H,6-14H2,1H3;1-5H,(H2,8,9)/t16-;/m0./s1. The number of para-hydroxylation sites is 1. The Morgan fingerprint density at radius 2 is 1.77 bits per heavy atom. The number of primary amides is 1. The van der Waals surface area contributed by atoms with Gasteiger partial charge in [-0.25, -0.2) is 10.0 Å². The van der Waals surface area contributed by atoms with E-state index in [4.69, 9.17) is 10.5 Å². The Labute approximate surface area is 185 Å². The quantitative estimate of drug-likeness (QED) is 0.733. The summed E-state index contributed by atoms with van der Waals surface area (Å²) in [5.74, 6) is -0.379. The van der Waals surface area contributed by atoms with E-state index in [1.165, 1.54) is 11.3 Å². The number of carbonyl (C=O) groups excluding carboxylic acids is 1. The van der Waals surface area contributed by atoms with Crippen molar-refractivity contribution in [1.29, 1.82) is 0 Å². The maximum absolute atomic E-state index is 10.4. The minimum atomic E-state index is -0.379. The molecule has 168 valence electrons. The van der Waals surface area contributed by atoms with E-state index in [2.05, 4.69) is 46.2 Å². The Balaban J connectivity index is 0.000000254. The number of benzene rings is 2. The smallest absolute Gasteiger partial charge is 0.248 e. The molecule has 1 atom stereocenters. The van der Waals surface area contributed by atoms with Crippen LogP contribution in [-0.4, -0.2) is 80.1 Å². The number of rotatable bonds is 6. The molecule has 0 aromatic heterocycles. The van der Waals surface area contributed by atoms with Crippen LogP contribution in [0.3, 0.4) is 0 Å². The number of nitrogens with two attached hydrogens (primary N) is 1. The van der Waals surface area contributed by atoms with Gasteiger partial charge >= 0.3 is 0 Å². The first-order valence-electron chi connectivity index (χ1n) is 10.9. The van der Waals surface area contributed by atoms with Crippen molar-refractivity contribution >= 4 is 11.6 Å². The molecule has 1 amide bonds. The van der Waals surface area contributed by atoms with Gasteiger partial charge in [0.25, 0.3) is 0 Å². The zero-order chi connectivity index (χ0) is 22.1. The topological polar surface area (TPSA) is 82.3 Å². The minimum absolute atomic E-state index is 0.177. The van der Waals surface area contributed by atoms with E-state index in [-0.39, 0.29) is 12.0 Å². The van der Waals surface area contributed by atoms with Gasteiger partial charge in [-0.2, -0.15) is 0 Å². The van der Waals surface area contributed by atoms with Crippen LogP contribution in [0.4, 0.5) is 5.69 Å². The van der Waals surface area contributed by atoms with E-state index < -0.39 is 0 Å². The Hall–Kier alpha value is -2.45. The highest BCUT2D eigenvalue weighted by atomic mass is 16.5. The normalized spacial score (nSPS) is 19.2. The number of morpholine rings is 1. The maximum atomic E-state index is 10.4. The average Bonchev–Trinajstić information content (AvgIpc) is 3.25. The van der Waals surface area contributed by atoms with Gasteiger partial charge in [-0.15, -0.1) is 0 Å². The van der Waals surface area contributed by atoms with Gasteiger partial charge in [0.05, 0.1) is 19.3 Å². The summed E-state index contributed by atoms with van der Waals surface area (Å²) in [5.41, 5.74) is 8.19. The molecule has 2 aliphatic rings. The summed E-state index contributed by atoms with van der Waals surface area (Å²) in [6.07, 6.45) is 1.72. The van der Waals surface area contributed by atoms with Crippen molar-refractivity contribution in [2.45, 2.75) is 18.9 Å². The third-order valence-corrected chi connectivity index (χ3v) is 5.73. The summed E-state index contributed by atoms with van der Waals surface area (Å²) in [7, 11) is 2.16. The molecule has 0 unspecified atom stereocenters. The Kier molecular flexibility index (Phi) is 8.85. The lowest BCUT2D eigenvalue weighted by atomic mass is 10.1. The zero-order valence-electron chi connectivity index (χ0n) is 18.3. The third-order valence-electron chi connectivity index (χ3n) is 5.73. The SMILES string of the molecule is CN(CCc1ccccc1N1CC[C@H](O)C1)N1CCOCC1.NC(=O)c1ccccc1. The van der Waals surface area contributed by atoms with Crippen molar-refractivity contribution in [3.63, 3.8) is 0 Å². The van der Waals surface area contributed by atoms with Crippen molar-refractivity contribution in [1.82, 2.24) is 10.0 Å². The minimum Gasteiger partial charge on any atom is -0.391 e. The van der Waals surface area contributed by atoms with Crippen molar-refractivity contribution in [2.24, 2.45) is 5.73 Å². The fourth-order valence-electron chi connectivity index (χ4n) is 3.91. The molecular formula is C24H34N4O3. The largest absolute Gasteiger partial charge is 0.391 e.